The van der Waals surface area contributed by atoms with Crippen LogP contribution in [0.15, 0.2) is 60.8 Å². The molecule has 6 heteroatoms. The fourth-order valence-corrected chi connectivity index (χ4v) is 3.59. The number of fused-ring (bicyclic) bond motifs is 1. The highest BCUT2D eigenvalue weighted by molar-refractivity contribution is 5.79. The number of ether oxygens (including phenoxy) is 1. The molecule has 0 amide bonds. The second-order valence-electron chi connectivity index (χ2n) is 8.28. The van der Waals surface area contributed by atoms with E-state index in [1.807, 2.05) is 48.5 Å². The van der Waals surface area contributed by atoms with Gasteiger partial charge in [-0.25, -0.2) is 9.97 Å². The lowest BCUT2D eigenvalue weighted by Gasteiger charge is -2.14. The van der Waals surface area contributed by atoms with Gasteiger partial charge in [0.25, 0.3) is 0 Å². The first-order valence-electron chi connectivity index (χ1n) is 10.6. The number of imidazole rings is 1. The first-order chi connectivity index (χ1) is 15.0. The number of hydrogen-bond donors (Lipinski definition) is 3. The zero-order valence-electron chi connectivity index (χ0n) is 18.1. The topological polar surface area (TPSA) is 83.1 Å². The Labute approximate surface area is 182 Å². The number of nitrogens with zero attached hydrogens (tertiary/aromatic N) is 2. The van der Waals surface area contributed by atoms with Gasteiger partial charge in [-0.3, -0.25) is 0 Å². The number of benzene rings is 2. The third kappa shape index (κ3) is 5.22. The van der Waals surface area contributed by atoms with Gasteiger partial charge in [0.1, 0.15) is 11.4 Å². The summed E-state index contributed by atoms with van der Waals surface area (Å²) in [5.41, 5.74) is 4.71. The first kappa shape index (κ1) is 20.9. The third-order valence-electron chi connectivity index (χ3n) is 4.91. The average Bonchev–Trinajstić information content (AvgIpc) is 3.11. The van der Waals surface area contributed by atoms with Crippen molar-refractivity contribution in [3.05, 3.63) is 71.9 Å². The van der Waals surface area contributed by atoms with Crippen LogP contribution >= 0.6 is 0 Å². The maximum absolute atomic E-state index is 9.64. The highest BCUT2D eigenvalue weighted by Crippen LogP contribution is 2.32. The Bertz CT molecular complexity index is 1170. The quantitative estimate of drug-likeness (QED) is 0.347. The molecular weight excluding hydrogens is 388 g/mol. The van der Waals surface area contributed by atoms with Crippen LogP contribution in [-0.2, 0) is 12.8 Å². The molecule has 6 nitrogen and oxygen atoms in total. The summed E-state index contributed by atoms with van der Waals surface area (Å²) in [6.07, 6.45) is 2.87. The van der Waals surface area contributed by atoms with E-state index in [1.165, 1.54) is 0 Å². The van der Waals surface area contributed by atoms with Gasteiger partial charge < -0.3 is 20.1 Å². The lowest BCUT2D eigenvalue weighted by molar-refractivity contribution is 0.195. The van der Waals surface area contributed by atoms with Gasteiger partial charge in [-0.05, 0) is 67.1 Å². The van der Waals surface area contributed by atoms with Crippen molar-refractivity contribution in [1.29, 1.82) is 0 Å². The second kappa shape index (κ2) is 9.18. The molecule has 2 heterocycles. The molecule has 3 N–H and O–H groups in total. The highest BCUT2D eigenvalue weighted by Gasteiger charge is 2.12. The summed E-state index contributed by atoms with van der Waals surface area (Å²) in [6.45, 7) is 6.17. The number of pyridine rings is 1. The summed E-state index contributed by atoms with van der Waals surface area (Å²) in [4.78, 5) is 12.4. The number of para-hydroxylation sites is 1. The molecule has 160 valence electrons. The number of aliphatic hydroxyl groups excluding tert-OH is 1. The van der Waals surface area contributed by atoms with Gasteiger partial charge in [0.05, 0.1) is 17.1 Å². The number of rotatable bonds is 8. The van der Waals surface area contributed by atoms with Crippen molar-refractivity contribution in [3.8, 4) is 11.6 Å². The Balaban J connectivity index is 1.58. The van der Waals surface area contributed by atoms with Gasteiger partial charge in [-0.15, -0.1) is 0 Å². The molecule has 0 radical (unpaired) electrons. The molecule has 1 unspecified atom stereocenters. The third-order valence-corrected chi connectivity index (χ3v) is 4.91. The molecule has 0 saturated carbocycles. The molecule has 0 aliphatic carbocycles. The lowest BCUT2D eigenvalue weighted by Crippen LogP contribution is -2.03. The molecule has 31 heavy (non-hydrogen) atoms. The van der Waals surface area contributed by atoms with Gasteiger partial charge in [0, 0.05) is 6.20 Å². The summed E-state index contributed by atoms with van der Waals surface area (Å²) in [6, 6.07) is 17.8. The van der Waals surface area contributed by atoms with Crippen LogP contribution in [0.5, 0.6) is 11.6 Å². The Morgan fingerprint density at radius 3 is 2.68 bits per heavy atom. The summed E-state index contributed by atoms with van der Waals surface area (Å²) >= 11 is 0. The van der Waals surface area contributed by atoms with Crippen LogP contribution in [0.3, 0.4) is 0 Å². The minimum absolute atomic E-state index is 0.383. The number of aromatic amines is 1. The van der Waals surface area contributed by atoms with Crippen LogP contribution in [0.25, 0.3) is 11.0 Å². The van der Waals surface area contributed by atoms with E-state index < -0.39 is 0 Å². The minimum atomic E-state index is -0.383. The molecule has 1 atom stereocenters. The molecule has 0 saturated heterocycles. The largest absolute Gasteiger partial charge is 0.437 e. The van der Waals surface area contributed by atoms with Crippen LogP contribution < -0.4 is 10.1 Å². The number of anilines is 2. The molecule has 0 bridgehead atoms. The molecule has 2 aromatic carbocycles. The standard InChI is InChI=1S/C25H28N4O2/c1-16(2)13-19-7-4-5-9-23(19)31-24-21(8-6-12-26-24)28-25-27-20-11-10-18(14-17(3)30)15-22(20)29-25/h4-12,15-17,30H,13-14H2,1-3H3,(H2,27,28,29). The van der Waals surface area contributed by atoms with E-state index >= 15 is 0 Å². The van der Waals surface area contributed by atoms with Gasteiger partial charge in [0.15, 0.2) is 0 Å². The van der Waals surface area contributed by atoms with Crippen molar-refractivity contribution >= 4 is 22.7 Å². The van der Waals surface area contributed by atoms with E-state index in [-0.39, 0.29) is 6.10 Å². The van der Waals surface area contributed by atoms with Crippen molar-refractivity contribution in [1.82, 2.24) is 15.0 Å². The Kier molecular flexibility index (Phi) is 6.18. The van der Waals surface area contributed by atoms with Crippen molar-refractivity contribution < 1.29 is 9.84 Å². The first-order valence-corrected chi connectivity index (χ1v) is 10.6. The molecule has 0 aliphatic rings. The van der Waals surface area contributed by atoms with E-state index in [1.54, 1.807) is 13.1 Å². The van der Waals surface area contributed by atoms with Gasteiger partial charge in [-0.1, -0.05) is 38.1 Å². The normalized spacial score (nSPS) is 12.3. The molecule has 2 aromatic heterocycles. The monoisotopic (exact) mass is 416 g/mol. The number of nitrogens with one attached hydrogen (secondary N) is 2. The van der Waals surface area contributed by atoms with Crippen molar-refractivity contribution in [2.24, 2.45) is 5.92 Å². The highest BCUT2D eigenvalue weighted by atomic mass is 16.5. The SMILES string of the molecule is CC(C)Cc1ccccc1Oc1ncccc1Nc1nc2ccc(CC(C)O)cc2[nH]1. The Morgan fingerprint density at radius 2 is 1.87 bits per heavy atom. The summed E-state index contributed by atoms with van der Waals surface area (Å²) in [5, 5.41) is 12.9. The Morgan fingerprint density at radius 1 is 1.03 bits per heavy atom. The average molecular weight is 417 g/mol. The number of H-pyrrole nitrogens is 1. The predicted molar refractivity (Wildman–Crippen MR) is 124 cm³/mol. The molecule has 4 aromatic rings. The minimum Gasteiger partial charge on any atom is -0.437 e. The number of aliphatic hydroxyl groups is 1. The fourth-order valence-electron chi connectivity index (χ4n) is 3.59. The van der Waals surface area contributed by atoms with E-state index in [0.29, 0.717) is 24.2 Å². The van der Waals surface area contributed by atoms with E-state index in [2.05, 4.69) is 40.2 Å². The molecular formula is C25H28N4O2. The summed E-state index contributed by atoms with van der Waals surface area (Å²) in [5.74, 6) is 2.44. The van der Waals surface area contributed by atoms with E-state index in [9.17, 15) is 5.11 Å². The van der Waals surface area contributed by atoms with Crippen LogP contribution in [0.1, 0.15) is 31.9 Å². The lowest BCUT2D eigenvalue weighted by atomic mass is 10.0. The summed E-state index contributed by atoms with van der Waals surface area (Å²) in [7, 11) is 0. The second-order valence-corrected chi connectivity index (χ2v) is 8.28. The zero-order valence-corrected chi connectivity index (χ0v) is 18.1. The summed E-state index contributed by atoms with van der Waals surface area (Å²) < 4.78 is 6.21. The number of aromatic nitrogens is 3. The smallest absolute Gasteiger partial charge is 0.243 e. The van der Waals surface area contributed by atoms with Gasteiger partial charge in [-0.2, -0.15) is 0 Å². The van der Waals surface area contributed by atoms with Crippen LogP contribution in [0.4, 0.5) is 11.6 Å². The van der Waals surface area contributed by atoms with E-state index in [0.717, 1.165) is 40.0 Å². The van der Waals surface area contributed by atoms with Crippen molar-refractivity contribution in [2.45, 2.75) is 39.7 Å². The predicted octanol–water partition coefficient (Wildman–Crippen LogP) is 5.62. The van der Waals surface area contributed by atoms with Crippen LogP contribution in [0, 0.1) is 5.92 Å². The molecule has 4 rings (SSSR count). The molecule has 0 fully saturated rings. The fraction of sp³-hybridized carbons (Fsp3) is 0.280. The van der Waals surface area contributed by atoms with Crippen molar-refractivity contribution in [2.75, 3.05) is 5.32 Å². The van der Waals surface area contributed by atoms with Crippen molar-refractivity contribution in [3.63, 3.8) is 0 Å². The number of hydrogen-bond acceptors (Lipinski definition) is 5. The van der Waals surface area contributed by atoms with Gasteiger partial charge >= 0.3 is 0 Å². The van der Waals surface area contributed by atoms with Crippen LogP contribution in [-0.4, -0.2) is 26.2 Å². The van der Waals surface area contributed by atoms with E-state index in [4.69, 9.17) is 4.74 Å². The Hall–Kier alpha value is -3.38. The molecule has 0 aliphatic heterocycles. The molecule has 0 spiro atoms. The van der Waals surface area contributed by atoms with Crippen LogP contribution in [0.2, 0.25) is 0 Å². The van der Waals surface area contributed by atoms with Gasteiger partial charge in [0.2, 0.25) is 11.8 Å². The maximum atomic E-state index is 9.64. The maximum Gasteiger partial charge on any atom is 0.243 e. The zero-order chi connectivity index (χ0) is 21.8.